The largest absolute Gasteiger partial charge is 0.315 e. The summed E-state index contributed by atoms with van der Waals surface area (Å²) in [5.74, 6) is 2.09. The molecule has 1 saturated carbocycles. The highest BCUT2D eigenvalue weighted by Gasteiger charge is 2.35. The molecule has 1 heterocycles. The number of rotatable bonds is 7. The minimum Gasteiger partial charge on any atom is -0.315 e. The summed E-state index contributed by atoms with van der Waals surface area (Å²) in [5, 5.41) is 3.57. The van der Waals surface area contributed by atoms with Crippen LogP contribution in [-0.2, 0) is 0 Å². The third kappa shape index (κ3) is 4.23. The van der Waals surface area contributed by atoms with Crippen molar-refractivity contribution in [3.8, 4) is 0 Å². The lowest BCUT2D eigenvalue weighted by Crippen LogP contribution is -2.32. The first-order chi connectivity index (χ1) is 8.25. The SMILES string of the molecule is CN(C)CCCNCCN1CC2CCCC2C1. The van der Waals surface area contributed by atoms with Crippen LogP contribution in [0.25, 0.3) is 0 Å². The number of nitrogens with one attached hydrogen (secondary N) is 1. The molecular formula is C14H29N3. The second kappa shape index (κ2) is 6.72. The van der Waals surface area contributed by atoms with Crippen LogP contribution in [0.15, 0.2) is 0 Å². The summed E-state index contributed by atoms with van der Waals surface area (Å²) >= 11 is 0. The standard InChI is InChI=1S/C14H29N3/c1-16(2)9-4-7-15-8-10-17-11-13-5-3-6-14(13)12-17/h13-15H,3-12H2,1-2H3. The summed E-state index contributed by atoms with van der Waals surface area (Å²) in [7, 11) is 4.28. The Balaban J connectivity index is 1.46. The van der Waals surface area contributed by atoms with Crippen molar-refractivity contribution in [1.82, 2.24) is 15.1 Å². The maximum absolute atomic E-state index is 3.57. The second-order valence-electron chi connectivity index (χ2n) is 6.12. The van der Waals surface area contributed by atoms with Gasteiger partial charge in [-0.15, -0.1) is 0 Å². The zero-order valence-electron chi connectivity index (χ0n) is 11.6. The van der Waals surface area contributed by atoms with Crippen LogP contribution < -0.4 is 5.32 Å². The molecule has 0 aromatic carbocycles. The van der Waals surface area contributed by atoms with Crippen LogP contribution in [0.5, 0.6) is 0 Å². The Morgan fingerprint density at radius 3 is 2.47 bits per heavy atom. The van der Waals surface area contributed by atoms with E-state index in [-0.39, 0.29) is 0 Å². The molecule has 0 radical (unpaired) electrons. The van der Waals surface area contributed by atoms with Crippen LogP contribution in [0.3, 0.4) is 0 Å². The third-order valence-electron chi connectivity index (χ3n) is 4.37. The Morgan fingerprint density at radius 1 is 1.12 bits per heavy atom. The molecule has 1 N–H and O–H groups in total. The Bertz CT molecular complexity index is 206. The van der Waals surface area contributed by atoms with Crippen LogP contribution in [0.2, 0.25) is 0 Å². The van der Waals surface area contributed by atoms with Crippen LogP contribution >= 0.6 is 0 Å². The van der Waals surface area contributed by atoms with Crippen LogP contribution in [0.1, 0.15) is 25.7 Å². The molecule has 3 heteroatoms. The highest BCUT2D eigenvalue weighted by molar-refractivity contribution is 4.88. The zero-order chi connectivity index (χ0) is 12.1. The number of hydrogen-bond donors (Lipinski definition) is 1. The summed E-state index contributed by atoms with van der Waals surface area (Å²) in [6.07, 6.45) is 5.75. The number of fused-ring (bicyclic) bond motifs is 1. The molecule has 0 aromatic rings. The van der Waals surface area contributed by atoms with Crippen molar-refractivity contribution in [3.63, 3.8) is 0 Å². The molecule has 1 saturated heterocycles. The van der Waals surface area contributed by atoms with Gasteiger partial charge in [0, 0.05) is 26.2 Å². The highest BCUT2D eigenvalue weighted by Crippen LogP contribution is 2.37. The summed E-state index contributed by atoms with van der Waals surface area (Å²) in [6, 6.07) is 0. The van der Waals surface area contributed by atoms with Crippen molar-refractivity contribution in [2.24, 2.45) is 11.8 Å². The van der Waals surface area contributed by atoms with E-state index in [1.54, 1.807) is 0 Å². The maximum Gasteiger partial charge on any atom is 0.0107 e. The fourth-order valence-electron chi connectivity index (χ4n) is 3.40. The monoisotopic (exact) mass is 239 g/mol. The van der Waals surface area contributed by atoms with E-state index < -0.39 is 0 Å². The molecule has 0 aromatic heterocycles. The smallest absolute Gasteiger partial charge is 0.0107 e. The lowest BCUT2D eigenvalue weighted by atomic mass is 10.0. The van der Waals surface area contributed by atoms with Gasteiger partial charge in [-0.1, -0.05) is 6.42 Å². The fourth-order valence-corrected chi connectivity index (χ4v) is 3.40. The Hall–Kier alpha value is -0.120. The van der Waals surface area contributed by atoms with Gasteiger partial charge in [0.2, 0.25) is 0 Å². The number of likely N-dealkylation sites (tertiary alicyclic amines) is 1. The van der Waals surface area contributed by atoms with Gasteiger partial charge in [-0.25, -0.2) is 0 Å². The zero-order valence-corrected chi connectivity index (χ0v) is 11.6. The predicted octanol–water partition coefficient (Wildman–Crippen LogP) is 1.26. The van der Waals surface area contributed by atoms with E-state index in [9.17, 15) is 0 Å². The van der Waals surface area contributed by atoms with E-state index in [0.29, 0.717) is 0 Å². The van der Waals surface area contributed by atoms with Crippen molar-refractivity contribution < 1.29 is 0 Å². The van der Waals surface area contributed by atoms with Crippen molar-refractivity contribution in [1.29, 1.82) is 0 Å². The average Bonchev–Trinajstić information content (AvgIpc) is 2.82. The van der Waals surface area contributed by atoms with Crippen molar-refractivity contribution in [2.45, 2.75) is 25.7 Å². The maximum atomic E-state index is 3.57. The lowest BCUT2D eigenvalue weighted by Gasteiger charge is -2.17. The van der Waals surface area contributed by atoms with E-state index in [4.69, 9.17) is 0 Å². The van der Waals surface area contributed by atoms with E-state index in [2.05, 4.69) is 29.2 Å². The molecule has 3 nitrogen and oxygen atoms in total. The highest BCUT2D eigenvalue weighted by atomic mass is 15.2. The molecule has 1 aliphatic heterocycles. The van der Waals surface area contributed by atoms with Gasteiger partial charge in [0.25, 0.3) is 0 Å². The minimum atomic E-state index is 1.05. The second-order valence-corrected chi connectivity index (χ2v) is 6.12. The number of nitrogens with zero attached hydrogens (tertiary/aromatic N) is 2. The van der Waals surface area contributed by atoms with Crippen molar-refractivity contribution in [3.05, 3.63) is 0 Å². The molecule has 100 valence electrons. The normalized spacial score (nSPS) is 29.1. The minimum absolute atomic E-state index is 1.05. The first-order valence-corrected chi connectivity index (χ1v) is 7.33. The molecule has 2 rings (SSSR count). The van der Waals surface area contributed by atoms with Gasteiger partial charge < -0.3 is 15.1 Å². The van der Waals surface area contributed by atoms with Gasteiger partial charge in [0.15, 0.2) is 0 Å². The summed E-state index contributed by atoms with van der Waals surface area (Å²) < 4.78 is 0. The molecule has 2 atom stereocenters. The predicted molar refractivity (Wildman–Crippen MR) is 73.3 cm³/mol. The molecular weight excluding hydrogens is 210 g/mol. The van der Waals surface area contributed by atoms with Gasteiger partial charge in [0.1, 0.15) is 0 Å². The van der Waals surface area contributed by atoms with E-state index >= 15 is 0 Å². The molecule has 2 aliphatic rings. The summed E-state index contributed by atoms with van der Waals surface area (Å²) in [5.41, 5.74) is 0. The molecule has 17 heavy (non-hydrogen) atoms. The molecule has 0 spiro atoms. The average molecular weight is 239 g/mol. The first kappa shape index (κ1) is 13.3. The van der Waals surface area contributed by atoms with E-state index in [0.717, 1.165) is 11.8 Å². The Kier molecular flexibility index (Phi) is 5.26. The van der Waals surface area contributed by atoms with E-state index in [1.165, 1.54) is 65.0 Å². The van der Waals surface area contributed by atoms with Crippen LogP contribution in [0.4, 0.5) is 0 Å². The summed E-state index contributed by atoms with van der Waals surface area (Å²) in [4.78, 5) is 4.93. The van der Waals surface area contributed by atoms with Gasteiger partial charge in [-0.05, 0) is 58.3 Å². The summed E-state index contributed by atoms with van der Waals surface area (Å²) in [6.45, 7) is 7.55. The molecule has 1 aliphatic carbocycles. The topological polar surface area (TPSA) is 18.5 Å². The fraction of sp³-hybridized carbons (Fsp3) is 1.00. The van der Waals surface area contributed by atoms with Crippen molar-refractivity contribution in [2.75, 3.05) is 53.4 Å². The Labute approximate surface area is 107 Å². The van der Waals surface area contributed by atoms with Gasteiger partial charge in [0.05, 0.1) is 0 Å². The van der Waals surface area contributed by atoms with Gasteiger partial charge >= 0.3 is 0 Å². The lowest BCUT2D eigenvalue weighted by molar-refractivity contribution is 0.307. The molecule has 0 bridgehead atoms. The first-order valence-electron chi connectivity index (χ1n) is 7.33. The quantitative estimate of drug-likeness (QED) is 0.675. The van der Waals surface area contributed by atoms with Crippen LogP contribution in [-0.4, -0.2) is 63.2 Å². The molecule has 2 fully saturated rings. The number of hydrogen-bond acceptors (Lipinski definition) is 3. The molecule has 0 amide bonds. The van der Waals surface area contributed by atoms with Crippen molar-refractivity contribution >= 4 is 0 Å². The molecule has 2 unspecified atom stereocenters. The Morgan fingerprint density at radius 2 is 1.82 bits per heavy atom. The van der Waals surface area contributed by atoms with Crippen LogP contribution in [0, 0.1) is 11.8 Å². The van der Waals surface area contributed by atoms with Gasteiger partial charge in [-0.2, -0.15) is 0 Å². The third-order valence-corrected chi connectivity index (χ3v) is 4.37. The van der Waals surface area contributed by atoms with Gasteiger partial charge in [-0.3, -0.25) is 0 Å². The van der Waals surface area contributed by atoms with E-state index in [1.807, 2.05) is 0 Å².